The number of hydrogen-bond acceptors (Lipinski definition) is 3. The second-order valence-corrected chi connectivity index (χ2v) is 3.66. The average molecular weight is 263 g/mol. The van der Waals surface area contributed by atoms with Gasteiger partial charge in [0, 0.05) is 5.56 Å². The van der Waals surface area contributed by atoms with E-state index in [0.29, 0.717) is 5.02 Å². The van der Waals surface area contributed by atoms with E-state index >= 15 is 0 Å². The third kappa shape index (κ3) is 3.37. The molecule has 2 amide bonds. The Hall–Kier alpha value is -1.30. The molecule has 0 aromatic heterocycles. The molecule has 0 radical (unpaired) electrons. The molecule has 0 aliphatic rings. The Kier molecular flexibility index (Phi) is 4.54. The second kappa shape index (κ2) is 5.69. The number of nitrogens with one attached hydrogen (secondary N) is 2. The summed E-state index contributed by atoms with van der Waals surface area (Å²) in [6.45, 7) is -0.324. The van der Waals surface area contributed by atoms with Crippen LogP contribution in [0, 0.1) is 0 Å². The maximum Gasteiger partial charge on any atom is 0.262 e. The van der Waals surface area contributed by atoms with Gasteiger partial charge in [-0.15, -0.1) is 0 Å². The zero-order chi connectivity index (χ0) is 12.1. The molecule has 1 aromatic carbocycles. The summed E-state index contributed by atoms with van der Waals surface area (Å²) in [6, 6.07) is 4.33. The van der Waals surface area contributed by atoms with Crippen molar-refractivity contribution in [3.05, 3.63) is 33.8 Å². The Bertz CT molecular complexity index is 423. The first-order valence-electron chi connectivity index (χ1n) is 4.20. The van der Waals surface area contributed by atoms with Crippen LogP contribution in [0.2, 0.25) is 10.0 Å². The largest absolute Gasteiger partial charge is 0.343 e. The van der Waals surface area contributed by atoms with Crippen LogP contribution in [0.3, 0.4) is 0 Å². The molecular formula is C9H8Cl2N2O3. The van der Waals surface area contributed by atoms with E-state index in [1.807, 2.05) is 0 Å². The third-order valence-electron chi connectivity index (χ3n) is 1.72. The highest BCUT2D eigenvalue weighted by Crippen LogP contribution is 2.22. The predicted molar refractivity (Wildman–Crippen MR) is 58.7 cm³/mol. The van der Waals surface area contributed by atoms with Gasteiger partial charge in [0.25, 0.3) is 11.8 Å². The van der Waals surface area contributed by atoms with Crippen LogP contribution in [0.5, 0.6) is 0 Å². The lowest BCUT2D eigenvalue weighted by Crippen LogP contribution is -2.35. The summed E-state index contributed by atoms with van der Waals surface area (Å²) in [4.78, 5) is 22.1. The first kappa shape index (κ1) is 12.8. The van der Waals surface area contributed by atoms with E-state index < -0.39 is 11.8 Å². The lowest BCUT2D eigenvalue weighted by molar-refractivity contribution is -0.128. The number of rotatable bonds is 3. The molecule has 3 N–H and O–H groups in total. The number of hydroxylamine groups is 1. The van der Waals surface area contributed by atoms with Crippen molar-refractivity contribution in [2.75, 3.05) is 6.54 Å². The van der Waals surface area contributed by atoms with Crippen LogP contribution in [0.4, 0.5) is 0 Å². The molecule has 0 aliphatic heterocycles. The van der Waals surface area contributed by atoms with Gasteiger partial charge in [0.05, 0.1) is 16.6 Å². The van der Waals surface area contributed by atoms with Gasteiger partial charge in [-0.1, -0.05) is 23.2 Å². The monoisotopic (exact) mass is 262 g/mol. The fourth-order valence-corrected chi connectivity index (χ4v) is 1.24. The highest BCUT2D eigenvalue weighted by atomic mass is 35.5. The van der Waals surface area contributed by atoms with Crippen molar-refractivity contribution in [1.29, 1.82) is 0 Å². The molecule has 16 heavy (non-hydrogen) atoms. The molecule has 5 nitrogen and oxygen atoms in total. The quantitative estimate of drug-likeness (QED) is 0.567. The second-order valence-electron chi connectivity index (χ2n) is 2.85. The van der Waals surface area contributed by atoms with Crippen LogP contribution >= 0.6 is 23.2 Å². The number of hydrogen-bond donors (Lipinski definition) is 3. The van der Waals surface area contributed by atoms with Gasteiger partial charge in [-0.25, -0.2) is 5.48 Å². The molecule has 1 rings (SSSR count). The van der Waals surface area contributed by atoms with E-state index in [9.17, 15) is 9.59 Å². The summed E-state index contributed by atoms with van der Waals surface area (Å²) < 4.78 is 0. The summed E-state index contributed by atoms with van der Waals surface area (Å²) in [5.41, 5.74) is 1.67. The zero-order valence-corrected chi connectivity index (χ0v) is 9.47. The van der Waals surface area contributed by atoms with Gasteiger partial charge < -0.3 is 5.32 Å². The predicted octanol–water partition coefficient (Wildman–Crippen LogP) is 1.23. The summed E-state index contributed by atoms with van der Waals surface area (Å²) in [7, 11) is 0. The molecule has 0 heterocycles. The molecule has 0 fully saturated rings. The van der Waals surface area contributed by atoms with Crippen molar-refractivity contribution < 1.29 is 14.8 Å². The molecule has 7 heteroatoms. The number of halogens is 2. The average Bonchev–Trinajstić information content (AvgIpc) is 2.29. The zero-order valence-electron chi connectivity index (χ0n) is 7.96. The topological polar surface area (TPSA) is 78.4 Å². The van der Waals surface area contributed by atoms with Gasteiger partial charge in [0.15, 0.2) is 0 Å². The molecule has 0 aliphatic carbocycles. The summed E-state index contributed by atoms with van der Waals surface area (Å²) in [5.74, 6) is -1.20. The maximum absolute atomic E-state index is 11.5. The minimum absolute atomic E-state index is 0.251. The third-order valence-corrected chi connectivity index (χ3v) is 2.46. The van der Waals surface area contributed by atoms with Crippen LogP contribution in [0.15, 0.2) is 18.2 Å². The number of carbonyl (C=O) groups is 2. The first-order valence-corrected chi connectivity index (χ1v) is 4.96. The van der Waals surface area contributed by atoms with Gasteiger partial charge in [0.1, 0.15) is 0 Å². The van der Waals surface area contributed by atoms with E-state index in [2.05, 4.69) is 5.32 Å². The Labute approximate surface area is 101 Å². The minimum atomic E-state index is -0.714. The SMILES string of the molecule is O=C(CNC(=O)c1ccc(Cl)c(Cl)c1)NO. The van der Waals surface area contributed by atoms with Crippen molar-refractivity contribution in [2.45, 2.75) is 0 Å². The standard InChI is InChI=1S/C9H8Cl2N2O3/c10-6-2-1-5(3-7(6)11)9(15)12-4-8(14)13-16/h1-3,16H,4H2,(H,12,15)(H,13,14). The van der Waals surface area contributed by atoms with E-state index in [0.717, 1.165) is 0 Å². The fourth-order valence-electron chi connectivity index (χ4n) is 0.940. The van der Waals surface area contributed by atoms with Crippen molar-refractivity contribution in [2.24, 2.45) is 0 Å². The molecule has 0 saturated heterocycles. The molecule has 86 valence electrons. The van der Waals surface area contributed by atoms with Crippen molar-refractivity contribution in [1.82, 2.24) is 10.8 Å². The smallest absolute Gasteiger partial charge is 0.262 e. The molecular weight excluding hydrogens is 255 g/mol. The summed E-state index contributed by atoms with van der Waals surface area (Å²) in [6.07, 6.45) is 0. The molecule has 0 bridgehead atoms. The van der Waals surface area contributed by atoms with Gasteiger partial charge in [-0.3, -0.25) is 14.8 Å². The number of carbonyl (C=O) groups excluding carboxylic acids is 2. The Morgan fingerprint density at radius 3 is 2.50 bits per heavy atom. The van der Waals surface area contributed by atoms with Crippen molar-refractivity contribution >= 4 is 35.0 Å². The molecule has 0 spiro atoms. The van der Waals surface area contributed by atoms with Crippen LogP contribution in [0.25, 0.3) is 0 Å². The molecule has 0 atom stereocenters. The maximum atomic E-state index is 11.5. The Morgan fingerprint density at radius 2 is 1.94 bits per heavy atom. The highest BCUT2D eigenvalue weighted by molar-refractivity contribution is 6.42. The lowest BCUT2D eigenvalue weighted by atomic mass is 10.2. The highest BCUT2D eigenvalue weighted by Gasteiger charge is 2.09. The number of amides is 2. The molecule has 1 aromatic rings. The molecule has 0 saturated carbocycles. The van der Waals surface area contributed by atoms with Crippen molar-refractivity contribution in [3.63, 3.8) is 0 Å². The fraction of sp³-hybridized carbons (Fsp3) is 0.111. The van der Waals surface area contributed by atoms with E-state index in [-0.39, 0.29) is 17.1 Å². The summed E-state index contributed by atoms with van der Waals surface area (Å²) >= 11 is 11.4. The van der Waals surface area contributed by atoms with E-state index in [1.165, 1.54) is 23.7 Å². The van der Waals surface area contributed by atoms with Gasteiger partial charge >= 0.3 is 0 Å². The van der Waals surface area contributed by atoms with Crippen LogP contribution in [-0.2, 0) is 4.79 Å². The van der Waals surface area contributed by atoms with Gasteiger partial charge in [-0.2, -0.15) is 0 Å². The van der Waals surface area contributed by atoms with Crippen molar-refractivity contribution in [3.8, 4) is 0 Å². The van der Waals surface area contributed by atoms with Crippen LogP contribution in [0.1, 0.15) is 10.4 Å². The molecule has 0 unspecified atom stereocenters. The number of benzene rings is 1. The van der Waals surface area contributed by atoms with Gasteiger partial charge in [-0.05, 0) is 18.2 Å². The normalized spacial score (nSPS) is 9.69. The Balaban J connectivity index is 2.66. The minimum Gasteiger partial charge on any atom is -0.343 e. The first-order chi connectivity index (χ1) is 7.54. The Morgan fingerprint density at radius 1 is 1.25 bits per heavy atom. The van der Waals surface area contributed by atoms with Crippen LogP contribution in [-0.4, -0.2) is 23.6 Å². The van der Waals surface area contributed by atoms with E-state index in [1.54, 1.807) is 0 Å². The lowest BCUT2D eigenvalue weighted by Gasteiger charge is -2.04. The van der Waals surface area contributed by atoms with Gasteiger partial charge in [0.2, 0.25) is 0 Å². The van der Waals surface area contributed by atoms with Crippen LogP contribution < -0.4 is 10.8 Å². The van der Waals surface area contributed by atoms with E-state index in [4.69, 9.17) is 28.4 Å². The summed E-state index contributed by atoms with van der Waals surface area (Å²) in [5, 5.41) is 11.1.